The van der Waals surface area contributed by atoms with E-state index >= 15 is 0 Å². The maximum Gasteiger partial charge on any atom is 0.165 e. The van der Waals surface area contributed by atoms with Crippen molar-refractivity contribution in [1.29, 1.82) is 0 Å². The Bertz CT molecular complexity index is 1160. The maximum absolute atomic E-state index is 13.7. The number of nitrogens with one attached hydrogen (secondary N) is 1. The smallest absolute Gasteiger partial charge is 0.165 e. The van der Waals surface area contributed by atoms with Gasteiger partial charge in [0, 0.05) is 17.4 Å². The lowest BCUT2D eigenvalue weighted by Crippen LogP contribution is -2.26. The summed E-state index contributed by atoms with van der Waals surface area (Å²) in [6.07, 6.45) is 4.29. The predicted molar refractivity (Wildman–Crippen MR) is 111 cm³/mol. The fourth-order valence-corrected chi connectivity index (χ4v) is 4.07. The average molecular weight is 388 g/mol. The topological polar surface area (TPSA) is 63.0 Å². The number of halogens is 1. The minimum absolute atomic E-state index is 0.327. The first kappa shape index (κ1) is 17.8. The molecule has 0 radical (unpaired) electrons. The van der Waals surface area contributed by atoms with Gasteiger partial charge in [-0.25, -0.2) is 4.39 Å². The van der Waals surface area contributed by atoms with Crippen LogP contribution in [0.15, 0.2) is 60.8 Å². The van der Waals surface area contributed by atoms with Crippen LogP contribution in [0.5, 0.6) is 5.75 Å². The number of hydrogen-bond acceptors (Lipinski definition) is 4. The summed E-state index contributed by atoms with van der Waals surface area (Å²) in [5, 5.41) is 21.9. The molecule has 0 atom stereocenters. The molecule has 0 bridgehead atoms. The van der Waals surface area contributed by atoms with E-state index in [1.807, 2.05) is 22.9 Å². The van der Waals surface area contributed by atoms with Crippen molar-refractivity contribution < 1.29 is 9.50 Å². The van der Waals surface area contributed by atoms with Gasteiger partial charge in [0.25, 0.3) is 0 Å². The Morgan fingerprint density at radius 1 is 1.00 bits per heavy atom. The zero-order chi connectivity index (χ0) is 19.8. The summed E-state index contributed by atoms with van der Waals surface area (Å²) in [5.74, 6) is -0.473. The van der Waals surface area contributed by atoms with Gasteiger partial charge < -0.3 is 15.0 Å². The van der Waals surface area contributed by atoms with Crippen molar-refractivity contribution in [3.8, 4) is 22.7 Å². The van der Waals surface area contributed by atoms with Gasteiger partial charge in [-0.3, -0.25) is 0 Å². The number of aromatic nitrogens is 3. The number of phenolic OH excluding ortho intramolecular Hbond substituents is 1. The normalized spacial score (nSPS) is 15.1. The Kier molecular flexibility index (Phi) is 4.48. The van der Waals surface area contributed by atoms with Gasteiger partial charge in [-0.15, -0.1) is 10.2 Å². The molecular weight excluding hydrogens is 367 g/mol. The van der Waals surface area contributed by atoms with Crippen LogP contribution < -0.4 is 5.32 Å². The fraction of sp³-hybridized carbons (Fsp3) is 0.217. The van der Waals surface area contributed by atoms with E-state index in [-0.39, 0.29) is 0 Å². The average Bonchev–Trinajstić information content (AvgIpc) is 3.20. The molecule has 3 heterocycles. The van der Waals surface area contributed by atoms with Gasteiger partial charge >= 0.3 is 0 Å². The molecule has 1 saturated heterocycles. The van der Waals surface area contributed by atoms with Gasteiger partial charge in [0.05, 0.1) is 11.2 Å². The highest BCUT2D eigenvalue weighted by molar-refractivity contribution is 5.82. The van der Waals surface area contributed by atoms with E-state index in [2.05, 4.69) is 39.8 Å². The van der Waals surface area contributed by atoms with E-state index in [9.17, 15) is 9.50 Å². The lowest BCUT2D eigenvalue weighted by atomic mass is 9.90. The number of benzene rings is 2. The second kappa shape index (κ2) is 7.29. The van der Waals surface area contributed by atoms with Crippen molar-refractivity contribution in [2.24, 2.45) is 0 Å². The number of para-hydroxylation sites is 1. The van der Waals surface area contributed by atoms with Crippen molar-refractivity contribution in [2.75, 3.05) is 13.1 Å². The molecule has 0 saturated carbocycles. The molecule has 5 rings (SSSR count). The van der Waals surface area contributed by atoms with Gasteiger partial charge in [0.15, 0.2) is 11.6 Å². The number of fused-ring (bicyclic) bond motifs is 1. The van der Waals surface area contributed by atoms with Crippen LogP contribution in [0.3, 0.4) is 0 Å². The third-order valence-corrected chi connectivity index (χ3v) is 5.69. The van der Waals surface area contributed by atoms with E-state index in [1.54, 1.807) is 12.1 Å². The summed E-state index contributed by atoms with van der Waals surface area (Å²) >= 11 is 0. The number of hydrogen-bond donors (Lipinski definition) is 2. The molecule has 0 amide bonds. The Morgan fingerprint density at radius 3 is 2.59 bits per heavy atom. The molecule has 2 aromatic carbocycles. The monoisotopic (exact) mass is 388 g/mol. The summed E-state index contributed by atoms with van der Waals surface area (Å²) in [6.45, 7) is 2.14. The van der Waals surface area contributed by atoms with Crippen LogP contribution in [0, 0.1) is 5.82 Å². The summed E-state index contributed by atoms with van der Waals surface area (Å²) in [6, 6.07) is 16.8. The Morgan fingerprint density at radius 2 is 1.79 bits per heavy atom. The fourth-order valence-electron chi connectivity index (χ4n) is 4.07. The molecule has 5 nitrogen and oxygen atoms in total. The molecular formula is C23H21FN4O. The van der Waals surface area contributed by atoms with Crippen LogP contribution in [0.1, 0.15) is 24.3 Å². The first-order valence-electron chi connectivity index (χ1n) is 9.84. The highest BCUT2D eigenvalue weighted by atomic mass is 19.1. The minimum Gasteiger partial charge on any atom is -0.504 e. The van der Waals surface area contributed by atoms with Crippen LogP contribution in [0.4, 0.5) is 4.39 Å². The van der Waals surface area contributed by atoms with Gasteiger partial charge in [-0.1, -0.05) is 18.2 Å². The standard InChI is InChI=1S/C23H21FN4O/c24-19-3-1-2-18(23(19)29)21-14-22-20(26-27-21)10-13-28(22)17-6-4-15(5-7-17)16-8-11-25-12-9-16/h1-7,10,13-14,16,25,29H,8-9,11-12H2. The number of nitrogens with zero attached hydrogens (tertiary/aromatic N) is 3. The Balaban J connectivity index is 1.53. The van der Waals surface area contributed by atoms with Crippen LogP contribution >= 0.6 is 0 Å². The van der Waals surface area contributed by atoms with Crippen LogP contribution in [0.2, 0.25) is 0 Å². The summed E-state index contributed by atoms with van der Waals surface area (Å²) in [4.78, 5) is 0. The molecule has 1 aliphatic rings. The molecule has 2 N–H and O–H groups in total. The van der Waals surface area contributed by atoms with Crippen LogP contribution in [-0.2, 0) is 0 Å². The zero-order valence-electron chi connectivity index (χ0n) is 15.8. The molecule has 29 heavy (non-hydrogen) atoms. The summed E-state index contributed by atoms with van der Waals surface area (Å²) < 4.78 is 15.8. The molecule has 6 heteroatoms. The maximum atomic E-state index is 13.7. The molecule has 1 aliphatic heterocycles. The quantitative estimate of drug-likeness (QED) is 0.546. The van der Waals surface area contributed by atoms with Crippen molar-refractivity contribution in [2.45, 2.75) is 18.8 Å². The number of aromatic hydroxyl groups is 1. The van der Waals surface area contributed by atoms with Crippen molar-refractivity contribution in [3.05, 3.63) is 72.2 Å². The highest BCUT2D eigenvalue weighted by Crippen LogP contribution is 2.32. The van der Waals surface area contributed by atoms with Gasteiger partial charge in [0.2, 0.25) is 0 Å². The van der Waals surface area contributed by atoms with E-state index < -0.39 is 11.6 Å². The Labute approximate surface area is 167 Å². The zero-order valence-corrected chi connectivity index (χ0v) is 15.8. The third kappa shape index (κ3) is 3.25. The SMILES string of the molecule is Oc1c(F)cccc1-c1cc2c(ccn2-c2ccc(C3CCNCC3)cc2)nn1. The second-order valence-electron chi connectivity index (χ2n) is 7.44. The van der Waals surface area contributed by atoms with Crippen molar-refractivity contribution >= 4 is 11.0 Å². The highest BCUT2D eigenvalue weighted by Gasteiger charge is 2.16. The molecule has 0 spiro atoms. The number of piperidine rings is 1. The van der Waals surface area contributed by atoms with Crippen molar-refractivity contribution in [3.63, 3.8) is 0 Å². The molecule has 2 aromatic heterocycles. The van der Waals surface area contributed by atoms with Crippen LogP contribution in [0.25, 0.3) is 28.0 Å². The first-order valence-corrected chi connectivity index (χ1v) is 9.84. The lowest BCUT2D eigenvalue weighted by Gasteiger charge is -2.23. The number of rotatable bonds is 3. The third-order valence-electron chi connectivity index (χ3n) is 5.69. The molecule has 0 unspecified atom stereocenters. The Hall–Kier alpha value is -3.25. The van der Waals surface area contributed by atoms with E-state index in [1.165, 1.54) is 24.5 Å². The first-order chi connectivity index (χ1) is 14.2. The molecule has 146 valence electrons. The molecule has 1 fully saturated rings. The van der Waals surface area contributed by atoms with E-state index in [4.69, 9.17) is 0 Å². The predicted octanol–water partition coefficient (Wildman–Crippen LogP) is 4.40. The van der Waals surface area contributed by atoms with Gasteiger partial charge in [-0.05, 0) is 73.8 Å². The van der Waals surface area contributed by atoms with E-state index in [0.29, 0.717) is 17.2 Å². The minimum atomic E-state index is -0.673. The van der Waals surface area contributed by atoms with Crippen molar-refractivity contribution in [1.82, 2.24) is 20.1 Å². The lowest BCUT2D eigenvalue weighted by molar-refractivity contribution is 0.434. The number of phenols is 1. The van der Waals surface area contributed by atoms with Gasteiger partial charge in [0.1, 0.15) is 5.52 Å². The summed E-state index contributed by atoms with van der Waals surface area (Å²) in [7, 11) is 0. The molecule has 4 aromatic rings. The molecule has 0 aliphatic carbocycles. The summed E-state index contributed by atoms with van der Waals surface area (Å²) in [5.41, 5.74) is 4.76. The second-order valence-corrected chi connectivity index (χ2v) is 7.44. The van der Waals surface area contributed by atoms with Gasteiger partial charge in [-0.2, -0.15) is 0 Å². The van der Waals surface area contributed by atoms with E-state index in [0.717, 1.165) is 29.8 Å². The van der Waals surface area contributed by atoms with Crippen LogP contribution in [-0.4, -0.2) is 33.0 Å². The largest absolute Gasteiger partial charge is 0.504 e.